The molecule has 0 atom stereocenters. The highest BCUT2D eigenvalue weighted by molar-refractivity contribution is 7.18. The second kappa shape index (κ2) is 10.00. The van der Waals surface area contributed by atoms with Crippen LogP contribution in [0.3, 0.4) is 0 Å². The standard InChI is InChI=1S/C16H25N3O6S/c1-16(2,3)25-15(21)18-9-7-6-8-17-13-11(19(22)24-5)10-12(26-13)14(20)23-4/h6-7,10,17,22H,8-9H2,1-5H3,(H,18,21)/b7-6+. The summed E-state index contributed by atoms with van der Waals surface area (Å²) in [5, 5.41) is 16.5. The minimum absolute atomic E-state index is 0.290. The topological polar surface area (TPSA) is 109 Å². The van der Waals surface area contributed by atoms with E-state index in [1.54, 1.807) is 32.9 Å². The zero-order valence-corrected chi connectivity index (χ0v) is 16.3. The molecule has 1 aromatic rings. The molecule has 0 bridgehead atoms. The molecule has 0 radical (unpaired) electrons. The van der Waals surface area contributed by atoms with E-state index in [0.717, 1.165) is 11.3 Å². The van der Waals surface area contributed by atoms with E-state index in [1.807, 2.05) is 0 Å². The Balaban J connectivity index is 2.55. The molecule has 0 fully saturated rings. The van der Waals surface area contributed by atoms with E-state index >= 15 is 0 Å². The third-order valence-corrected chi connectivity index (χ3v) is 3.85. The second-order valence-electron chi connectivity index (χ2n) is 6.01. The van der Waals surface area contributed by atoms with Gasteiger partial charge in [0.2, 0.25) is 0 Å². The molecular weight excluding hydrogens is 362 g/mol. The summed E-state index contributed by atoms with van der Waals surface area (Å²) in [6.45, 7) is 6.08. The normalized spacial score (nSPS) is 11.3. The largest absolute Gasteiger partial charge is 0.465 e. The van der Waals surface area contributed by atoms with Crippen molar-refractivity contribution in [2.45, 2.75) is 26.4 Å². The first-order valence-electron chi connectivity index (χ1n) is 7.79. The van der Waals surface area contributed by atoms with Crippen LogP contribution in [0, 0.1) is 0 Å². The van der Waals surface area contributed by atoms with Crippen molar-refractivity contribution >= 4 is 34.1 Å². The van der Waals surface area contributed by atoms with Crippen LogP contribution in [0.15, 0.2) is 18.2 Å². The first kappa shape index (κ1) is 21.7. The van der Waals surface area contributed by atoms with Gasteiger partial charge in [-0.3, -0.25) is 10.0 Å². The number of nitrogens with one attached hydrogen (secondary N) is 2. The van der Waals surface area contributed by atoms with Gasteiger partial charge in [0, 0.05) is 13.1 Å². The third-order valence-electron chi connectivity index (χ3n) is 2.79. The highest BCUT2D eigenvalue weighted by atomic mass is 32.1. The van der Waals surface area contributed by atoms with Gasteiger partial charge < -0.3 is 20.1 Å². The van der Waals surface area contributed by atoms with Crippen molar-refractivity contribution < 1.29 is 29.1 Å². The summed E-state index contributed by atoms with van der Waals surface area (Å²) in [4.78, 5) is 28.2. The van der Waals surface area contributed by atoms with Gasteiger partial charge >= 0.3 is 12.1 Å². The van der Waals surface area contributed by atoms with E-state index in [-0.39, 0.29) is 5.69 Å². The number of amides is 1. The molecule has 0 aliphatic heterocycles. The predicted octanol–water partition coefficient (Wildman–Crippen LogP) is 2.78. The monoisotopic (exact) mass is 387 g/mol. The highest BCUT2D eigenvalue weighted by Crippen LogP contribution is 2.35. The summed E-state index contributed by atoms with van der Waals surface area (Å²) in [5.74, 6) is -0.508. The number of hydrogen-bond acceptors (Lipinski definition) is 9. The molecule has 1 heterocycles. The number of anilines is 2. The van der Waals surface area contributed by atoms with Crippen LogP contribution < -0.4 is 15.9 Å². The SMILES string of the molecule is COC(=O)c1cc(N(O)OC)c(NC/C=C/CNC(=O)OC(C)(C)C)s1. The molecule has 0 aliphatic rings. The van der Waals surface area contributed by atoms with Crippen molar-refractivity contribution in [2.24, 2.45) is 0 Å². The summed E-state index contributed by atoms with van der Waals surface area (Å²) >= 11 is 1.12. The molecule has 146 valence electrons. The molecule has 0 unspecified atom stereocenters. The van der Waals surface area contributed by atoms with E-state index in [1.165, 1.54) is 20.3 Å². The van der Waals surface area contributed by atoms with Gasteiger partial charge in [0.15, 0.2) is 0 Å². The molecule has 0 saturated heterocycles. The lowest BCUT2D eigenvalue weighted by Gasteiger charge is -2.19. The number of carbonyl (C=O) groups excluding carboxylic acids is 2. The summed E-state index contributed by atoms with van der Waals surface area (Å²) in [6, 6.07) is 1.45. The Morgan fingerprint density at radius 1 is 1.27 bits per heavy atom. The number of thiophene rings is 1. The molecule has 1 rings (SSSR count). The molecule has 3 N–H and O–H groups in total. The summed E-state index contributed by atoms with van der Waals surface area (Å²) < 4.78 is 9.78. The molecule has 9 nitrogen and oxygen atoms in total. The minimum atomic E-state index is -0.542. The molecule has 0 aromatic carbocycles. The van der Waals surface area contributed by atoms with Crippen molar-refractivity contribution in [3.05, 3.63) is 23.1 Å². The maximum Gasteiger partial charge on any atom is 0.407 e. The number of alkyl carbamates (subject to hydrolysis) is 1. The Hall–Kier alpha value is -2.30. The first-order valence-corrected chi connectivity index (χ1v) is 8.60. The van der Waals surface area contributed by atoms with Crippen LogP contribution in [0.5, 0.6) is 0 Å². The van der Waals surface area contributed by atoms with E-state index in [0.29, 0.717) is 28.2 Å². The van der Waals surface area contributed by atoms with E-state index in [4.69, 9.17) is 9.57 Å². The van der Waals surface area contributed by atoms with Gasteiger partial charge in [-0.2, -0.15) is 0 Å². The molecule has 0 spiro atoms. The average molecular weight is 387 g/mol. The van der Waals surface area contributed by atoms with Crippen LogP contribution in [0.4, 0.5) is 15.5 Å². The number of hydrogen-bond donors (Lipinski definition) is 3. The minimum Gasteiger partial charge on any atom is -0.465 e. The Labute approximate surface area is 156 Å². The zero-order chi connectivity index (χ0) is 19.7. The summed E-state index contributed by atoms with van der Waals surface area (Å²) in [7, 11) is 2.57. The first-order chi connectivity index (χ1) is 12.2. The molecule has 1 amide bonds. The van der Waals surface area contributed by atoms with Crippen molar-refractivity contribution in [3.8, 4) is 0 Å². The van der Waals surface area contributed by atoms with Gasteiger partial charge in [0.1, 0.15) is 21.2 Å². The predicted molar refractivity (Wildman–Crippen MR) is 98.8 cm³/mol. The van der Waals surface area contributed by atoms with Crippen LogP contribution in [0.1, 0.15) is 30.4 Å². The van der Waals surface area contributed by atoms with Crippen LogP contribution in [0.25, 0.3) is 0 Å². The van der Waals surface area contributed by atoms with Crippen LogP contribution in [-0.4, -0.2) is 50.2 Å². The van der Waals surface area contributed by atoms with Crippen molar-refractivity contribution in [1.29, 1.82) is 0 Å². The quantitative estimate of drug-likeness (QED) is 0.355. The Kier molecular flexibility index (Phi) is 8.36. The van der Waals surface area contributed by atoms with E-state index in [9.17, 15) is 14.8 Å². The van der Waals surface area contributed by atoms with Crippen LogP contribution >= 0.6 is 11.3 Å². The zero-order valence-electron chi connectivity index (χ0n) is 15.5. The fraction of sp³-hybridized carbons (Fsp3) is 0.500. The van der Waals surface area contributed by atoms with Gasteiger partial charge in [0.05, 0.1) is 14.2 Å². The van der Waals surface area contributed by atoms with E-state index < -0.39 is 17.7 Å². The lowest BCUT2D eigenvalue weighted by molar-refractivity contribution is -0.0104. The van der Waals surface area contributed by atoms with Crippen molar-refractivity contribution in [1.82, 2.24) is 5.32 Å². The maximum atomic E-state index is 11.6. The van der Waals surface area contributed by atoms with Crippen LogP contribution in [-0.2, 0) is 14.3 Å². The lowest BCUT2D eigenvalue weighted by atomic mass is 10.2. The molecule has 0 aliphatic carbocycles. The molecule has 26 heavy (non-hydrogen) atoms. The Bertz CT molecular complexity index is 638. The average Bonchev–Trinajstić information content (AvgIpc) is 2.99. The molecule has 1 aromatic heterocycles. The van der Waals surface area contributed by atoms with Crippen molar-refractivity contribution in [3.63, 3.8) is 0 Å². The van der Waals surface area contributed by atoms with Gasteiger partial charge in [-0.1, -0.05) is 12.2 Å². The van der Waals surface area contributed by atoms with Gasteiger partial charge in [0.25, 0.3) is 0 Å². The van der Waals surface area contributed by atoms with Crippen LogP contribution in [0.2, 0.25) is 0 Å². The molecular formula is C16H25N3O6S. The number of methoxy groups -OCH3 is 1. The fourth-order valence-corrected chi connectivity index (χ4v) is 2.68. The smallest absolute Gasteiger partial charge is 0.407 e. The second-order valence-corrected chi connectivity index (χ2v) is 7.06. The van der Waals surface area contributed by atoms with E-state index in [2.05, 4.69) is 15.4 Å². The number of carbonyl (C=O) groups is 2. The van der Waals surface area contributed by atoms with Crippen molar-refractivity contribution in [2.75, 3.05) is 37.9 Å². The Morgan fingerprint density at radius 2 is 1.92 bits per heavy atom. The number of ether oxygens (including phenoxy) is 2. The van der Waals surface area contributed by atoms with Gasteiger partial charge in [-0.25, -0.2) is 9.59 Å². The third kappa shape index (κ3) is 7.30. The summed E-state index contributed by atoms with van der Waals surface area (Å²) in [5.41, 5.74) is -0.252. The summed E-state index contributed by atoms with van der Waals surface area (Å²) in [6.07, 6.45) is 3.04. The number of nitrogens with zero attached hydrogens (tertiary/aromatic N) is 1. The number of rotatable bonds is 8. The molecule has 10 heteroatoms. The van der Waals surface area contributed by atoms with Gasteiger partial charge in [-0.05, 0) is 26.8 Å². The lowest BCUT2D eigenvalue weighted by Crippen LogP contribution is -2.32. The fourth-order valence-electron chi connectivity index (χ4n) is 1.72. The molecule has 0 saturated carbocycles. The maximum absolute atomic E-state index is 11.6. The van der Waals surface area contributed by atoms with Gasteiger partial charge in [-0.15, -0.1) is 16.6 Å². The number of esters is 1. The highest BCUT2D eigenvalue weighted by Gasteiger charge is 2.19. The Morgan fingerprint density at radius 3 is 2.50 bits per heavy atom.